The summed E-state index contributed by atoms with van der Waals surface area (Å²) in [5, 5.41) is 10.6. The van der Waals surface area contributed by atoms with Gasteiger partial charge in [-0.15, -0.1) is 10.2 Å². The van der Waals surface area contributed by atoms with Crippen LogP contribution < -0.4 is 11.1 Å². The van der Waals surface area contributed by atoms with Crippen molar-refractivity contribution in [3.8, 4) is 0 Å². The molecule has 0 spiro atoms. The molecule has 0 aromatic carbocycles. The molecule has 3 N–H and O–H groups in total. The summed E-state index contributed by atoms with van der Waals surface area (Å²) in [4.78, 5) is 11.6. The van der Waals surface area contributed by atoms with Crippen LogP contribution in [0.1, 0.15) is 26.1 Å². The number of carbonyl (C=O) groups excluding carboxylic acids is 1. The number of nitrogens with zero attached hydrogens (tertiary/aromatic N) is 3. The van der Waals surface area contributed by atoms with Gasteiger partial charge in [-0.2, -0.15) is 0 Å². The van der Waals surface area contributed by atoms with E-state index in [4.69, 9.17) is 5.73 Å². The number of aromatic nitrogens is 3. The Morgan fingerprint density at radius 2 is 2.44 bits per heavy atom. The van der Waals surface area contributed by atoms with E-state index in [0.29, 0.717) is 19.5 Å². The van der Waals surface area contributed by atoms with Gasteiger partial charge in [0.15, 0.2) is 5.82 Å². The second kappa shape index (κ2) is 6.22. The van der Waals surface area contributed by atoms with Crippen molar-refractivity contribution >= 4 is 5.91 Å². The van der Waals surface area contributed by atoms with Crippen molar-refractivity contribution in [2.24, 2.45) is 11.7 Å². The molecule has 0 aliphatic rings. The molecule has 0 fully saturated rings. The molecule has 1 aromatic heterocycles. The maximum atomic E-state index is 11.6. The van der Waals surface area contributed by atoms with Crippen LogP contribution in [-0.4, -0.2) is 27.2 Å². The van der Waals surface area contributed by atoms with Gasteiger partial charge in [-0.3, -0.25) is 4.79 Å². The van der Waals surface area contributed by atoms with Crippen LogP contribution in [0, 0.1) is 5.92 Å². The number of aryl methyl sites for hydroxylation is 1. The van der Waals surface area contributed by atoms with Crippen molar-refractivity contribution in [1.29, 1.82) is 0 Å². The molecule has 1 atom stereocenters. The molecule has 90 valence electrons. The smallest absolute Gasteiger partial charge is 0.223 e. The molecule has 16 heavy (non-hydrogen) atoms. The van der Waals surface area contributed by atoms with Crippen molar-refractivity contribution in [3.05, 3.63) is 12.2 Å². The first-order valence-electron chi connectivity index (χ1n) is 5.53. The molecule has 1 aromatic rings. The van der Waals surface area contributed by atoms with Crippen LogP contribution in [0.25, 0.3) is 0 Å². The number of rotatable bonds is 6. The fourth-order valence-corrected chi connectivity index (χ4v) is 1.40. The molecule has 1 amide bonds. The van der Waals surface area contributed by atoms with Crippen molar-refractivity contribution in [1.82, 2.24) is 20.1 Å². The van der Waals surface area contributed by atoms with Crippen molar-refractivity contribution in [3.63, 3.8) is 0 Å². The molecule has 0 saturated heterocycles. The molecule has 0 saturated carbocycles. The minimum absolute atomic E-state index is 0.0103. The van der Waals surface area contributed by atoms with Crippen LogP contribution in [0.2, 0.25) is 0 Å². The molecule has 6 nitrogen and oxygen atoms in total. The fourth-order valence-electron chi connectivity index (χ4n) is 1.40. The Morgan fingerprint density at radius 3 is 3.06 bits per heavy atom. The first-order valence-corrected chi connectivity index (χ1v) is 5.53. The zero-order chi connectivity index (χ0) is 12.0. The first-order chi connectivity index (χ1) is 7.69. The van der Waals surface area contributed by atoms with E-state index in [1.54, 1.807) is 6.33 Å². The highest BCUT2D eigenvalue weighted by Gasteiger charge is 2.12. The third-order valence-electron chi connectivity index (χ3n) is 2.50. The molecule has 6 heteroatoms. The Kier molecular flexibility index (Phi) is 4.91. The first kappa shape index (κ1) is 12.6. The highest BCUT2D eigenvalue weighted by atomic mass is 16.1. The van der Waals surface area contributed by atoms with Crippen LogP contribution in [-0.2, 0) is 17.9 Å². The minimum Gasteiger partial charge on any atom is -0.349 e. The van der Waals surface area contributed by atoms with Crippen LogP contribution in [0.5, 0.6) is 0 Å². The summed E-state index contributed by atoms with van der Waals surface area (Å²) >= 11 is 0. The lowest BCUT2D eigenvalue weighted by atomic mass is 10.1. The van der Waals surface area contributed by atoms with Gasteiger partial charge in [0.1, 0.15) is 6.33 Å². The minimum atomic E-state index is -0.0528. The monoisotopic (exact) mass is 225 g/mol. The van der Waals surface area contributed by atoms with Gasteiger partial charge in [0.05, 0.1) is 6.54 Å². The molecule has 0 aliphatic carbocycles. The van der Waals surface area contributed by atoms with Gasteiger partial charge in [0.25, 0.3) is 0 Å². The zero-order valence-electron chi connectivity index (χ0n) is 9.81. The number of amides is 1. The topological polar surface area (TPSA) is 85.8 Å². The van der Waals surface area contributed by atoms with E-state index in [-0.39, 0.29) is 11.8 Å². The van der Waals surface area contributed by atoms with Gasteiger partial charge >= 0.3 is 0 Å². The summed E-state index contributed by atoms with van der Waals surface area (Å²) in [6.45, 7) is 5.62. The Balaban J connectivity index is 2.42. The molecule has 0 aliphatic heterocycles. The Morgan fingerprint density at radius 1 is 1.69 bits per heavy atom. The average molecular weight is 225 g/mol. The number of carbonyl (C=O) groups is 1. The lowest BCUT2D eigenvalue weighted by molar-refractivity contribution is -0.124. The Bertz CT molecular complexity index is 336. The van der Waals surface area contributed by atoms with E-state index in [9.17, 15) is 4.79 Å². The van der Waals surface area contributed by atoms with E-state index in [2.05, 4.69) is 15.5 Å². The van der Waals surface area contributed by atoms with Gasteiger partial charge in [0, 0.05) is 12.5 Å². The Hall–Kier alpha value is -1.43. The van der Waals surface area contributed by atoms with E-state index in [1.807, 2.05) is 18.4 Å². The van der Waals surface area contributed by atoms with Crippen molar-refractivity contribution < 1.29 is 4.79 Å². The molecular weight excluding hydrogens is 206 g/mol. The molecule has 0 radical (unpaired) electrons. The maximum Gasteiger partial charge on any atom is 0.223 e. The van der Waals surface area contributed by atoms with Crippen LogP contribution in [0.3, 0.4) is 0 Å². The van der Waals surface area contributed by atoms with Gasteiger partial charge in [0.2, 0.25) is 5.91 Å². The molecule has 1 unspecified atom stereocenters. The van der Waals surface area contributed by atoms with Crippen molar-refractivity contribution in [2.45, 2.75) is 33.4 Å². The quantitative estimate of drug-likeness (QED) is 0.708. The summed E-state index contributed by atoms with van der Waals surface area (Å²) in [7, 11) is 0. The molecule has 0 bridgehead atoms. The van der Waals surface area contributed by atoms with Gasteiger partial charge in [-0.25, -0.2) is 0 Å². The van der Waals surface area contributed by atoms with Gasteiger partial charge < -0.3 is 15.6 Å². The van der Waals surface area contributed by atoms with Gasteiger partial charge in [-0.05, 0) is 19.9 Å². The van der Waals surface area contributed by atoms with E-state index in [1.165, 1.54) is 0 Å². The molecule has 1 heterocycles. The predicted molar refractivity (Wildman–Crippen MR) is 60.4 cm³/mol. The third kappa shape index (κ3) is 3.30. The summed E-state index contributed by atoms with van der Waals surface area (Å²) in [5.41, 5.74) is 5.40. The summed E-state index contributed by atoms with van der Waals surface area (Å²) in [6.07, 6.45) is 2.36. The standard InChI is InChI=1S/C10H19N5O/c1-3-15-7-13-14-9(15)6-12-10(16)8(2)4-5-11/h7-8H,3-6,11H2,1-2H3,(H,12,16). The highest BCUT2D eigenvalue weighted by molar-refractivity contribution is 5.78. The van der Waals surface area contributed by atoms with E-state index < -0.39 is 0 Å². The molecule has 1 rings (SSSR count). The van der Waals surface area contributed by atoms with E-state index in [0.717, 1.165) is 12.4 Å². The predicted octanol–water partition coefficient (Wildman–Crippen LogP) is -0.101. The molecular formula is C10H19N5O. The summed E-state index contributed by atoms with van der Waals surface area (Å²) < 4.78 is 1.90. The van der Waals surface area contributed by atoms with E-state index >= 15 is 0 Å². The SMILES string of the molecule is CCn1cnnc1CNC(=O)C(C)CCN. The number of nitrogens with two attached hydrogens (primary N) is 1. The summed E-state index contributed by atoms with van der Waals surface area (Å²) in [5.74, 6) is 0.731. The number of nitrogens with one attached hydrogen (secondary N) is 1. The second-order valence-electron chi connectivity index (χ2n) is 3.73. The van der Waals surface area contributed by atoms with Gasteiger partial charge in [-0.1, -0.05) is 6.92 Å². The van der Waals surface area contributed by atoms with Crippen LogP contribution in [0.4, 0.5) is 0 Å². The van der Waals surface area contributed by atoms with Crippen LogP contribution in [0.15, 0.2) is 6.33 Å². The largest absolute Gasteiger partial charge is 0.349 e. The second-order valence-corrected chi connectivity index (χ2v) is 3.73. The highest BCUT2D eigenvalue weighted by Crippen LogP contribution is 2.01. The number of hydrogen-bond acceptors (Lipinski definition) is 4. The lowest BCUT2D eigenvalue weighted by Gasteiger charge is -2.10. The normalized spacial score (nSPS) is 12.4. The average Bonchev–Trinajstić information content (AvgIpc) is 2.73. The number of hydrogen-bond donors (Lipinski definition) is 2. The fraction of sp³-hybridized carbons (Fsp3) is 0.700. The summed E-state index contributed by atoms with van der Waals surface area (Å²) in [6, 6.07) is 0. The van der Waals surface area contributed by atoms with Crippen molar-refractivity contribution in [2.75, 3.05) is 6.54 Å². The lowest BCUT2D eigenvalue weighted by Crippen LogP contribution is -2.30. The van der Waals surface area contributed by atoms with Crippen LogP contribution >= 0.6 is 0 Å². The maximum absolute atomic E-state index is 11.6. The Labute approximate surface area is 95.2 Å². The zero-order valence-corrected chi connectivity index (χ0v) is 9.81. The third-order valence-corrected chi connectivity index (χ3v) is 2.50.